The molecule has 0 amide bonds. The third-order valence-electron chi connectivity index (χ3n) is 4.27. The fourth-order valence-electron chi connectivity index (χ4n) is 3.15. The van der Waals surface area contributed by atoms with Gasteiger partial charge in [-0.2, -0.15) is 5.10 Å². The van der Waals surface area contributed by atoms with Gasteiger partial charge >= 0.3 is 0 Å². The third-order valence-corrected chi connectivity index (χ3v) is 5.17. The van der Waals surface area contributed by atoms with Crippen molar-refractivity contribution in [3.05, 3.63) is 38.8 Å². The Kier molecular flexibility index (Phi) is 3.46. The molecule has 2 aromatic rings. The minimum Gasteiger partial charge on any atom is -0.377 e. The largest absolute Gasteiger partial charge is 0.377 e. The molecule has 1 N–H and O–H groups in total. The van der Waals surface area contributed by atoms with E-state index in [1.807, 2.05) is 12.3 Å². The van der Waals surface area contributed by atoms with E-state index in [4.69, 9.17) is 4.74 Å². The highest BCUT2D eigenvalue weighted by Gasteiger charge is 2.32. The van der Waals surface area contributed by atoms with E-state index in [2.05, 4.69) is 15.4 Å². The van der Waals surface area contributed by atoms with Crippen LogP contribution in [0.5, 0.6) is 0 Å². The van der Waals surface area contributed by atoms with Gasteiger partial charge in [-0.1, -0.05) is 0 Å². The van der Waals surface area contributed by atoms with Crippen LogP contribution in [-0.4, -0.2) is 34.0 Å². The molecule has 2 unspecified atom stereocenters. The number of rotatable bonds is 3. The van der Waals surface area contributed by atoms with Crippen LogP contribution < -0.4 is 10.9 Å². The number of anilines is 1. The summed E-state index contributed by atoms with van der Waals surface area (Å²) in [4.78, 5) is 16.8. The third kappa shape index (κ3) is 2.44. The van der Waals surface area contributed by atoms with Crippen LogP contribution in [0, 0.1) is 6.92 Å². The monoisotopic (exact) mass is 318 g/mol. The van der Waals surface area contributed by atoms with Gasteiger partial charge < -0.3 is 10.1 Å². The van der Waals surface area contributed by atoms with Gasteiger partial charge in [-0.05, 0) is 31.7 Å². The van der Waals surface area contributed by atoms with Gasteiger partial charge in [-0.15, -0.1) is 11.3 Å². The Labute approximate surface area is 132 Å². The molecular formula is C15H18N4O2S. The Morgan fingerprint density at radius 2 is 2.32 bits per heavy atom. The molecule has 116 valence electrons. The molecule has 0 saturated carbocycles. The number of nitrogens with one attached hydrogen (secondary N) is 1. The molecule has 0 aromatic carbocycles. The average molecular weight is 318 g/mol. The Hall–Kier alpha value is -1.73. The van der Waals surface area contributed by atoms with E-state index in [1.54, 1.807) is 22.1 Å². The van der Waals surface area contributed by atoms with Crippen LogP contribution in [0.4, 0.5) is 5.13 Å². The number of fused-ring (bicyclic) bond motifs is 1. The SMILES string of the molecule is Cc1csc(NC2COCC2n2nc3c(cc2=O)CCC3)n1. The molecule has 0 spiro atoms. The molecule has 2 atom stereocenters. The molecule has 2 aromatic heterocycles. The maximum absolute atomic E-state index is 12.4. The number of ether oxygens (including phenoxy) is 1. The van der Waals surface area contributed by atoms with Crippen LogP contribution in [0.2, 0.25) is 0 Å². The lowest BCUT2D eigenvalue weighted by Crippen LogP contribution is -2.37. The predicted octanol–water partition coefficient (Wildman–Crippen LogP) is 1.55. The highest BCUT2D eigenvalue weighted by Crippen LogP contribution is 2.25. The molecule has 6 nitrogen and oxygen atoms in total. The minimum atomic E-state index is -0.0809. The fourth-order valence-corrected chi connectivity index (χ4v) is 3.90. The van der Waals surface area contributed by atoms with Gasteiger partial charge in [0.2, 0.25) is 0 Å². The van der Waals surface area contributed by atoms with Gasteiger partial charge in [0, 0.05) is 11.4 Å². The number of thiazole rings is 1. The van der Waals surface area contributed by atoms with Crippen molar-refractivity contribution in [3.63, 3.8) is 0 Å². The van der Waals surface area contributed by atoms with Crippen LogP contribution >= 0.6 is 11.3 Å². The molecule has 2 aliphatic rings. The molecular weight excluding hydrogens is 300 g/mol. The zero-order valence-electron chi connectivity index (χ0n) is 12.4. The van der Waals surface area contributed by atoms with Crippen molar-refractivity contribution >= 4 is 16.5 Å². The van der Waals surface area contributed by atoms with E-state index in [-0.39, 0.29) is 17.6 Å². The zero-order valence-corrected chi connectivity index (χ0v) is 13.2. The second-order valence-electron chi connectivity index (χ2n) is 5.90. The lowest BCUT2D eigenvalue weighted by atomic mass is 10.1. The van der Waals surface area contributed by atoms with Crippen molar-refractivity contribution in [1.29, 1.82) is 0 Å². The Morgan fingerprint density at radius 1 is 1.41 bits per heavy atom. The van der Waals surface area contributed by atoms with Crippen molar-refractivity contribution in [2.75, 3.05) is 18.5 Å². The quantitative estimate of drug-likeness (QED) is 0.930. The maximum atomic E-state index is 12.4. The summed E-state index contributed by atoms with van der Waals surface area (Å²) < 4.78 is 7.20. The molecule has 1 saturated heterocycles. The van der Waals surface area contributed by atoms with Crippen molar-refractivity contribution < 1.29 is 4.74 Å². The Bertz CT molecular complexity index is 754. The summed E-state index contributed by atoms with van der Waals surface area (Å²) in [6.45, 7) is 3.04. The van der Waals surface area contributed by atoms with Gasteiger partial charge in [0.25, 0.3) is 5.56 Å². The van der Waals surface area contributed by atoms with Crippen molar-refractivity contribution in [3.8, 4) is 0 Å². The predicted molar refractivity (Wildman–Crippen MR) is 84.6 cm³/mol. The average Bonchev–Trinajstić information content (AvgIpc) is 3.20. The first-order chi connectivity index (χ1) is 10.7. The van der Waals surface area contributed by atoms with E-state index >= 15 is 0 Å². The molecule has 22 heavy (non-hydrogen) atoms. The van der Waals surface area contributed by atoms with Crippen LogP contribution in [0.15, 0.2) is 16.2 Å². The van der Waals surface area contributed by atoms with E-state index in [1.165, 1.54) is 0 Å². The first-order valence-corrected chi connectivity index (χ1v) is 8.47. The van der Waals surface area contributed by atoms with E-state index < -0.39 is 0 Å². The lowest BCUT2D eigenvalue weighted by Gasteiger charge is -2.20. The zero-order chi connectivity index (χ0) is 15.1. The number of hydrogen-bond acceptors (Lipinski definition) is 6. The summed E-state index contributed by atoms with van der Waals surface area (Å²) in [5.74, 6) is 0. The molecule has 1 fully saturated rings. The van der Waals surface area contributed by atoms with Crippen molar-refractivity contribution in [2.24, 2.45) is 0 Å². The minimum absolute atomic E-state index is 0.0233. The summed E-state index contributed by atoms with van der Waals surface area (Å²) in [5.41, 5.74) is 3.14. The van der Waals surface area contributed by atoms with Gasteiger partial charge in [0.05, 0.1) is 30.6 Å². The molecule has 0 bridgehead atoms. The molecule has 1 aliphatic heterocycles. The molecule has 4 rings (SSSR count). The first kappa shape index (κ1) is 13.9. The summed E-state index contributed by atoms with van der Waals surface area (Å²) in [6, 6.07) is 1.69. The maximum Gasteiger partial charge on any atom is 0.267 e. The summed E-state index contributed by atoms with van der Waals surface area (Å²) in [7, 11) is 0. The van der Waals surface area contributed by atoms with Crippen molar-refractivity contribution in [1.82, 2.24) is 14.8 Å². The van der Waals surface area contributed by atoms with E-state index in [0.29, 0.717) is 13.2 Å². The highest BCUT2D eigenvalue weighted by atomic mass is 32.1. The number of aryl methyl sites for hydroxylation is 3. The number of nitrogens with zero attached hydrogens (tertiary/aromatic N) is 3. The standard InChI is InChI=1S/C15H18N4O2S/c1-9-8-22-15(16-9)17-12-6-21-7-13(12)19-14(20)5-10-3-2-4-11(10)18-19/h5,8,12-13H,2-4,6-7H2,1H3,(H,16,17). The fraction of sp³-hybridized carbons (Fsp3) is 0.533. The van der Waals surface area contributed by atoms with Crippen LogP contribution in [-0.2, 0) is 17.6 Å². The number of hydrogen-bond donors (Lipinski definition) is 1. The molecule has 1 aliphatic carbocycles. The Balaban J connectivity index is 1.62. The van der Waals surface area contributed by atoms with Crippen molar-refractivity contribution in [2.45, 2.75) is 38.3 Å². The van der Waals surface area contributed by atoms with Gasteiger partial charge in [-0.25, -0.2) is 9.67 Å². The van der Waals surface area contributed by atoms with Gasteiger partial charge in [-0.3, -0.25) is 4.79 Å². The second kappa shape index (κ2) is 5.48. The second-order valence-corrected chi connectivity index (χ2v) is 6.76. The van der Waals surface area contributed by atoms with E-state index in [9.17, 15) is 4.79 Å². The summed E-state index contributed by atoms with van der Waals surface area (Å²) in [6.07, 6.45) is 3.03. The topological polar surface area (TPSA) is 69.0 Å². The first-order valence-electron chi connectivity index (χ1n) is 7.59. The lowest BCUT2D eigenvalue weighted by molar-refractivity contribution is 0.182. The number of aromatic nitrogens is 3. The normalized spacial score (nSPS) is 23.7. The summed E-state index contributed by atoms with van der Waals surface area (Å²) >= 11 is 1.57. The van der Waals surface area contributed by atoms with Gasteiger partial charge in [0.1, 0.15) is 6.04 Å². The summed E-state index contributed by atoms with van der Waals surface area (Å²) in [5, 5.41) is 10.9. The molecule has 0 radical (unpaired) electrons. The van der Waals surface area contributed by atoms with Crippen LogP contribution in [0.3, 0.4) is 0 Å². The van der Waals surface area contributed by atoms with E-state index in [0.717, 1.165) is 41.3 Å². The smallest absolute Gasteiger partial charge is 0.267 e. The molecule has 3 heterocycles. The van der Waals surface area contributed by atoms with Gasteiger partial charge in [0.15, 0.2) is 5.13 Å². The molecule has 7 heteroatoms. The Morgan fingerprint density at radius 3 is 3.14 bits per heavy atom. The van der Waals surface area contributed by atoms with Crippen LogP contribution in [0.25, 0.3) is 0 Å². The van der Waals surface area contributed by atoms with Crippen LogP contribution in [0.1, 0.15) is 29.4 Å². The highest BCUT2D eigenvalue weighted by molar-refractivity contribution is 7.13.